The summed E-state index contributed by atoms with van der Waals surface area (Å²) >= 11 is 3.22. The summed E-state index contributed by atoms with van der Waals surface area (Å²) in [6.07, 6.45) is 2.18. The molecule has 1 aliphatic rings. The Morgan fingerprint density at radius 1 is 1.50 bits per heavy atom. The van der Waals surface area contributed by atoms with Gasteiger partial charge in [-0.25, -0.2) is 4.79 Å². The first-order valence-electron chi connectivity index (χ1n) is 5.53. The monoisotopic (exact) mass is 312 g/mol. The van der Waals surface area contributed by atoms with Crippen molar-refractivity contribution in [2.75, 3.05) is 0 Å². The van der Waals surface area contributed by atoms with E-state index in [1.807, 2.05) is 0 Å². The molecular weight excluding hydrogens is 304 g/mol. The van der Waals surface area contributed by atoms with Gasteiger partial charge < -0.3 is 4.42 Å². The van der Waals surface area contributed by atoms with Gasteiger partial charge in [-0.3, -0.25) is 14.7 Å². The third kappa shape index (κ3) is 1.84. The van der Waals surface area contributed by atoms with E-state index in [1.165, 1.54) is 10.6 Å². The molecule has 6 nitrogen and oxygen atoms in total. The van der Waals surface area contributed by atoms with Gasteiger partial charge in [0, 0.05) is 17.1 Å². The molecule has 0 bridgehead atoms. The molecule has 1 aromatic heterocycles. The molecule has 1 heterocycles. The van der Waals surface area contributed by atoms with Crippen LogP contribution in [0.5, 0.6) is 0 Å². The quantitative estimate of drug-likeness (QED) is 0.644. The first kappa shape index (κ1) is 11.5. The van der Waals surface area contributed by atoms with E-state index in [9.17, 15) is 14.9 Å². The second-order valence-corrected chi connectivity index (χ2v) is 5.37. The number of aromatic nitrogens is 1. The Kier molecular flexibility index (Phi) is 2.51. The van der Waals surface area contributed by atoms with Gasteiger partial charge in [-0.15, -0.1) is 0 Å². The molecule has 0 saturated heterocycles. The maximum absolute atomic E-state index is 11.7. The lowest BCUT2D eigenvalue weighted by molar-refractivity contribution is -0.383. The van der Waals surface area contributed by atoms with Gasteiger partial charge in [0.05, 0.1) is 10.4 Å². The summed E-state index contributed by atoms with van der Waals surface area (Å²) in [6, 6.07) is 3.02. The third-order valence-corrected chi connectivity index (χ3v) is 3.51. The largest absolute Gasteiger partial charge is 0.420 e. The molecule has 18 heavy (non-hydrogen) atoms. The lowest BCUT2D eigenvalue weighted by atomic mass is 10.3. The number of hydrogen-bond donors (Lipinski definition) is 0. The van der Waals surface area contributed by atoms with Crippen molar-refractivity contribution in [3.05, 3.63) is 37.3 Å². The van der Waals surface area contributed by atoms with Crippen LogP contribution in [-0.4, -0.2) is 9.49 Å². The average molecular weight is 313 g/mol. The summed E-state index contributed by atoms with van der Waals surface area (Å²) < 4.78 is 7.06. The molecular formula is C11H9BrN2O4. The van der Waals surface area contributed by atoms with E-state index >= 15 is 0 Å². The molecule has 1 aliphatic carbocycles. The average Bonchev–Trinajstić information content (AvgIpc) is 3.06. The minimum atomic E-state index is -0.544. The van der Waals surface area contributed by atoms with Gasteiger partial charge in [-0.2, -0.15) is 0 Å². The van der Waals surface area contributed by atoms with Gasteiger partial charge in [0.25, 0.3) is 0 Å². The van der Waals surface area contributed by atoms with Crippen molar-refractivity contribution in [2.24, 2.45) is 5.92 Å². The van der Waals surface area contributed by atoms with Crippen molar-refractivity contribution >= 4 is 32.7 Å². The Hall–Kier alpha value is -1.63. The second kappa shape index (κ2) is 3.94. The minimum absolute atomic E-state index is 0.0499. The minimum Gasteiger partial charge on any atom is -0.400 e. The molecule has 0 amide bonds. The van der Waals surface area contributed by atoms with Crippen molar-refractivity contribution < 1.29 is 9.34 Å². The fourth-order valence-electron chi connectivity index (χ4n) is 1.98. The second-order valence-electron chi connectivity index (χ2n) is 4.45. The Balaban J connectivity index is 2.27. The van der Waals surface area contributed by atoms with Gasteiger partial charge in [-0.05, 0) is 24.8 Å². The predicted molar refractivity (Wildman–Crippen MR) is 67.6 cm³/mol. The fourth-order valence-corrected chi connectivity index (χ4v) is 2.41. The van der Waals surface area contributed by atoms with Gasteiger partial charge in [0.2, 0.25) is 5.58 Å². The van der Waals surface area contributed by atoms with Crippen LogP contribution in [0.25, 0.3) is 11.1 Å². The summed E-state index contributed by atoms with van der Waals surface area (Å²) in [4.78, 5) is 22.1. The molecule has 0 radical (unpaired) electrons. The van der Waals surface area contributed by atoms with Crippen molar-refractivity contribution in [2.45, 2.75) is 19.4 Å². The van der Waals surface area contributed by atoms with Crippen LogP contribution in [-0.2, 0) is 6.54 Å². The Labute approximate surface area is 109 Å². The van der Waals surface area contributed by atoms with Crippen LogP contribution in [0.3, 0.4) is 0 Å². The SMILES string of the molecule is O=c1oc2c([N+](=O)[O-])cc(Br)cc2n1CC1CC1. The first-order valence-corrected chi connectivity index (χ1v) is 6.33. The zero-order valence-electron chi connectivity index (χ0n) is 9.26. The number of oxazole rings is 1. The molecule has 0 spiro atoms. The van der Waals surface area contributed by atoms with Crippen LogP contribution in [0.15, 0.2) is 25.8 Å². The maximum Gasteiger partial charge on any atom is 0.420 e. The summed E-state index contributed by atoms with van der Waals surface area (Å²) in [5, 5.41) is 10.9. The lowest BCUT2D eigenvalue weighted by Gasteiger charge is -2.00. The van der Waals surface area contributed by atoms with Crippen LogP contribution in [0.2, 0.25) is 0 Å². The van der Waals surface area contributed by atoms with Crippen molar-refractivity contribution in [3.63, 3.8) is 0 Å². The summed E-state index contributed by atoms with van der Waals surface area (Å²) in [5.41, 5.74) is 0.341. The molecule has 1 aromatic carbocycles. The predicted octanol–water partition coefficient (Wildman–Crippen LogP) is 2.68. The highest BCUT2D eigenvalue weighted by Crippen LogP contribution is 2.33. The maximum atomic E-state index is 11.7. The zero-order valence-corrected chi connectivity index (χ0v) is 10.8. The van der Waals surface area contributed by atoms with Gasteiger partial charge in [0.1, 0.15) is 0 Å². The topological polar surface area (TPSA) is 78.3 Å². The highest BCUT2D eigenvalue weighted by atomic mass is 79.9. The molecule has 3 rings (SSSR count). The number of halogens is 1. The van der Waals surface area contributed by atoms with Crippen molar-refractivity contribution in [3.8, 4) is 0 Å². The smallest absolute Gasteiger partial charge is 0.400 e. The molecule has 1 fully saturated rings. The molecule has 0 atom stereocenters. The Morgan fingerprint density at radius 2 is 2.22 bits per heavy atom. The number of benzene rings is 1. The molecule has 1 saturated carbocycles. The number of non-ortho nitro benzene ring substituents is 1. The highest BCUT2D eigenvalue weighted by Gasteiger charge is 2.26. The molecule has 7 heteroatoms. The molecule has 0 aliphatic heterocycles. The summed E-state index contributed by atoms with van der Waals surface area (Å²) in [5.74, 6) is -0.0420. The number of hydrogen-bond acceptors (Lipinski definition) is 4. The number of fused-ring (bicyclic) bond motifs is 1. The van der Waals surface area contributed by atoms with E-state index < -0.39 is 10.7 Å². The van der Waals surface area contributed by atoms with E-state index in [0.29, 0.717) is 22.5 Å². The van der Waals surface area contributed by atoms with Crippen LogP contribution in [0.4, 0.5) is 5.69 Å². The van der Waals surface area contributed by atoms with Crippen LogP contribution in [0, 0.1) is 16.0 Å². The van der Waals surface area contributed by atoms with Crippen LogP contribution in [0.1, 0.15) is 12.8 Å². The number of nitro benzene ring substituents is 1. The molecule has 0 unspecified atom stereocenters. The molecule has 94 valence electrons. The van der Waals surface area contributed by atoms with E-state index in [2.05, 4.69) is 15.9 Å². The van der Waals surface area contributed by atoms with Gasteiger partial charge in [0.15, 0.2) is 0 Å². The normalized spacial score (nSPS) is 15.2. The highest BCUT2D eigenvalue weighted by molar-refractivity contribution is 9.10. The van der Waals surface area contributed by atoms with E-state index in [4.69, 9.17) is 4.42 Å². The van der Waals surface area contributed by atoms with Crippen LogP contribution >= 0.6 is 15.9 Å². The number of rotatable bonds is 3. The fraction of sp³-hybridized carbons (Fsp3) is 0.364. The molecule has 2 aromatic rings. The zero-order chi connectivity index (χ0) is 12.9. The van der Waals surface area contributed by atoms with Gasteiger partial charge in [-0.1, -0.05) is 15.9 Å². The van der Waals surface area contributed by atoms with E-state index in [-0.39, 0.29) is 11.3 Å². The third-order valence-electron chi connectivity index (χ3n) is 3.05. The van der Waals surface area contributed by atoms with Crippen LogP contribution < -0.4 is 5.76 Å². The first-order chi connectivity index (χ1) is 8.56. The Morgan fingerprint density at radius 3 is 2.83 bits per heavy atom. The summed E-state index contributed by atoms with van der Waals surface area (Å²) in [7, 11) is 0. The number of nitrogens with zero attached hydrogens (tertiary/aromatic N) is 2. The van der Waals surface area contributed by atoms with Crippen molar-refractivity contribution in [1.29, 1.82) is 0 Å². The number of nitro groups is 1. The van der Waals surface area contributed by atoms with E-state index in [0.717, 1.165) is 12.8 Å². The molecule has 0 N–H and O–H groups in total. The summed E-state index contributed by atoms with van der Waals surface area (Å²) in [6.45, 7) is 0.569. The Bertz CT molecular complexity index is 699. The van der Waals surface area contributed by atoms with Crippen molar-refractivity contribution in [1.82, 2.24) is 4.57 Å². The van der Waals surface area contributed by atoms with Gasteiger partial charge >= 0.3 is 11.4 Å². The lowest BCUT2D eigenvalue weighted by Crippen LogP contribution is -2.15. The standard InChI is InChI=1S/C11H9BrN2O4/c12-7-3-8-10(9(4-7)14(16)17)18-11(15)13(8)5-6-1-2-6/h3-4,6H,1-2,5H2. The van der Waals surface area contributed by atoms with E-state index in [1.54, 1.807) is 6.07 Å².